The van der Waals surface area contributed by atoms with Crippen LogP contribution in [0, 0.1) is 0 Å². The lowest BCUT2D eigenvalue weighted by molar-refractivity contribution is -0.139. The zero-order chi connectivity index (χ0) is 26.2. The van der Waals surface area contributed by atoms with Gasteiger partial charge in [0.25, 0.3) is 0 Å². The molecule has 1 N–H and O–H groups in total. The van der Waals surface area contributed by atoms with Crippen molar-refractivity contribution in [3.05, 3.63) is 58.1 Å². The zero-order valence-corrected chi connectivity index (χ0v) is 22.6. The summed E-state index contributed by atoms with van der Waals surface area (Å²) in [5.74, 6) is -0.604. The summed E-state index contributed by atoms with van der Waals surface area (Å²) in [6, 6.07) is 10.6. The number of hydrogen-bond donors (Lipinski definition) is 1. The molecule has 192 valence electrons. The molecule has 0 spiro atoms. The lowest BCUT2D eigenvalue weighted by Gasteiger charge is -2.32. The SMILES string of the molecule is CCCCNC(=O)[C@@H](C)N(Cc1ccc(Cl)c(Cl)c1)C(=O)CN(c1ccccc1OC)S(C)(=O)=O. The van der Waals surface area contributed by atoms with E-state index in [1.807, 2.05) is 6.92 Å². The smallest absolute Gasteiger partial charge is 0.244 e. The van der Waals surface area contributed by atoms with Crippen LogP contribution in [-0.4, -0.2) is 57.6 Å². The Hall–Kier alpha value is -2.49. The lowest BCUT2D eigenvalue weighted by atomic mass is 10.1. The van der Waals surface area contributed by atoms with Crippen molar-refractivity contribution in [2.45, 2.75) is 39.3 Å². The van der Waals surface area contributed by atoms with Crippen LogP contribution < -0.4 is 14.4 Å². The minimum atomic E-state index is -3.86. The van der Waals surface area contributed by atoms with Crippen molar-refractivity contribution in [2.24, 2.45) is 0 Å². The molecule has 0 saturated heterocycles. The molecule has 1 atom stereocenters. The number of hydrogen-bond acceptors (Lipinski definition) is 5. The maximum absolute atomic E-state index is 13.5. The summed E-state index contributed by atoms with van der Waals surface area (Å²) < 4.78 is 31.6. The van der Waals surface area contributed by atoms with Gasteiger partial charge in [-0.3, -0.25) is 13.9 Å². The second-order valence-corrected chi connectivity index (χ2v) is 10.8. The fourth-order valence-corrected chi connectivity index (χ4v) is 4.56. The molecule has 0 saturated carbocycles. The molecule has 35 heavy (non-hydrogen) atoms. The number of anilines is 1. The van der Waals surface area contributed by atoms with Crippen LogP contribution in [0.1, 0.15) is 32.3 Å². The van der Waals surface area contributed by atoms with E-state index in [-0.39, 0.29) is 18.1 Å². The molecule has 0 fully saturated rings. The van der Waals surface area contributed by atoms with Crippen molar-refractivity contribution < 1.29 is 22.7 Å². The third-order valence-corrected chi connectivity index (χ3v) is 7.23. The van der Waals surface area contributed by atoms with Gasteiger partial charge >= 0.3 is 0 Å². The Balaban J connectivity index is 2.41. The van der Waals surface area contributed by atoms with Gasteiger partial charge in [0, 0.05) is 13.1 Å². The maximum Gasteiger partial charge on any atom is 0.244 e. The van der Waals surface area contributed by atoms with E-state index in [0.29, 0.717) is 27.9 Å². The van der Waals surface area contributed by atoms with Gasteiger partial charge < -0.3 is 15.0 Å². The van der Waals surface area contributed by atoms with Gasteiger partial charge in [-0.2, -0.15) is 0 Å². The molecule has 0 bridgehead atoms. The van der Waals surface area contributed by atoms with Gasteiger partial charge in [0.15, 0.2) is 0 Å². The number of rotatable bonds is 12. The Morgan fingerprint density at radius 3 is 2.40 bits per heavy atom. The highest BCUT2D eigenvalue weighted by Crippen LogP contribution is 2.30. The zero-order valence-electron chi connectivity index (χ0n) is 20.3. The number of methoxy groups -OCH3 is 1. The van der Waals surface area contributed by atoms with Crippen molar-refractivity contribution >= 4 is 50.7 Å². The minimum Gasteiger partial charge on any atom is -0.495 e. The fraction of sp³-hybridized carbons (Fsp3) is 0.417. The molecule has 0 aliphatic heterocycles. The van der Waals surface area contributed by atoms with Crippen LogP contribution in [0.2, 0.25) is 10.0 Å². The Kier molecular flexibility index (Phi) is 10.7. The van der Waals surface area contributed by atoms with Gasteiger partial charge in [0.05, 0.1) is 29.1 Å². The highest BCUT2D eigenvalue weighted by atomic mass is 35.5. The minimum absolute atomic E-state index is 0.0294. The van der Waals surface area contributed by atoms with Crippen molar-refractivity contribution in [1.82, 2.24) is 10.2 Å². The first-order chi connectivity index (χ1) is 16.5. The lowest BCUT2D eigenvalue weighted by Crippen LogP contribution is -2.51. The predicted molar refractivity (Wildman–Crippen MR) is 140 cm³/mol. The first kappa shape index (κ1) is 28.7. The molecule has 0 aromatic heterocycles. The normalized spacial score (nSPS) is 12.1. The summed E-state index contributed by atoms with van der Waals surface area (Å²) in [5, 5.41) is 3.49. The van der Waals surface area contributed by atoms with Crippen molar-refractivity contribution in [3.63, 3.8) is 0 Å². The van der Waals surface area contributed by atoms with Gasteiger partial charge in [-0.25, -0.2) is 8.42 Å². The van der Waals surface area contributed by atoms with E-state index < -0.39 is 28.5 Å². The molecule has 0 heterocycles. The Labute approximate surface area is 217 Å². The van der Waals surface area contributed by atoms with Crippen LogP contribution in [-0.2, 0) is 26.2 Å². The van der Waals surface area contributed by atoms with Crippen molar-refractivity contribution in [2.75, 3.05) is 30.8 Å². The molecule has 2 amide bonds. The third kappa shape index (κ3) is 8.02. The van der Waals surface area contributed by atoms with Crippen LogP contribution >= 0.6 is 23.2 Å². The number of nitrogens with zero attached hydrogens (tertiary/aromatic N) is 2. The number of benzene rings is 2. The number of ether oxygens (including phenoxy) is 1. The molecule has 11 heteroatoms. The number of nitrogens with one attached hydrogen (secondary N) is 1. The average Bonchev–Trinajstić information content (AvgIpc) is 2.82. The number of sulfonamides is 1. The number of carbonyl (C=O) groups is 2. The van der Waals surface area contributed by atoms with E-state index in [2.05, 4.69) is 5.32 Å². The molecular weight excluding hydrogens is 513 g/mol. The number of para-hydroxylation sites is 2. The summed E-state index contributed by atoms with van der Waals surface area (Å²) in [4.78, 5) is 27.7. The average molecular weight is 545 g/mol. The van der Waals surface area contributed by atoms with Crippen molar-refractivity contribution in [1.29, 1.82) is 0 Å². The fourth-order valence-electron chi connectivity index (χ4n) is 3.38. The molecule has 2 aromatic carbocycles. The summed E-state index contributed by atoms with van der Waals surface area (Å²) in [5.41, 5.74) is 0.865. The largest absolute Gasteiger partial charge is 0.495 e. The first-order valence-electron chi connectivity index (χ1n) is 11.1. The molecular formula is C24H31Cl2N3O5S. The van der Waals surface area contributed by atoms with Crippen LogP contribution in [0.25, 0.3) is 0 Å². The molecule has 0 unspecified atom stereocenters. The Morgan fingerprint density at radius 1 is 1.11 bits per heavy atom. The van der Waals surface area contributed by atoms with Crippen LogP contribution in [0.15, 0.2) is 42.5 Å². The number of carbonyl (C=O) groups excluding carboxylic acids is 2. The Morgan fingerprint density at radius 2 is 1.80 bits per heavy atom. The molecule has 0 radical (unpaired) electrons. The van der Waals surface area contributed by atoms with Crippen LogP contribution in [0.4, 0.5) is 5.69 Å². The molecule has 2 rings (SSSR count). The van der Waals surface area contributed by atoms with E-state index in [4.69, 9.17) is 27.9 Å². The second-order valence-electron chi connectivity index (χ2n) is 8.03. The first-order valence-corrected chi connectivity index (χ1v) is 13.7. The quantitative estimate of drug-likeness (QED) is 0.406. The van der Waals surface area contributed by atoms with E-state index >= 15 is 0 Å². The summed E-state index contributed by atoms with van der Waals surface area (Å²) in [6.07, 6.45) is 2.72. The monoisotopic (exact) mass is 543 g/mol. The second kappa shape index (κ2) is 13.0. The molecule has 0 aliphatic rings. The van der Waals surface area contributed by atoms with Crippen LogP contribution in [0.5, 0.6) is 5.75 Å². The highest BCUT2D eigenvalue weighted by Gasteiger charge is 2.31. The summed E-state index contributed by atoms with van der Waals surface area (Å²) >= 11 is 12.2. The molecule has 2 aromatic rings. The van der Waals surface area contributed by atoms with Crippen LogP contribution in [0.3, 0.4) is 0 Å². The van der Waals surface area contributed by atoms with Crippen molar-refractivity contribution in [3.8, 4) is 5.75 Å². The van der Waals surface area contributed by atoms with E-state index in [1.54, 1.807) is 49.4 Å². The topological polar surface area (TPSA) is 96.0 Å². The molecule has 8 nitrogen and oxygen atoms in total. The number of amides is 2. The van der Waals surface area contributed by atoms with Gasteiger partial charge in [-0.1, -0.05) is 54.7 Å². The number of unbranched alkanes of at least 4 members (excludes halogenated alkanes) is 1. The Bertz CT molecular complexity index is 1140. The summed E-state index contributed by atoms with van der Waals surface area (Å²) in [7, 11) is -2.44. The van der Waals surface area contributed by atoms with Gasteiger partial charge in [-0.05, 0) is 43.2 Å². The maximum atomic E-state index is 13.5. The molecule has 0 aliphatic carbocycles. The number of halogens is 2. The predicted octanol–water partition coefficient (Wildman–Crippen LogP) is 4.10. The van der Waals surface area contributed by atoms with Gasteiger partial charge in [-0.15, -0.1) is 0 Å². The van der Waals surface area contributed by atoms with E-state index in [0.717, 1.165) is 23.4 Å². The van der Waals surface area contributed by atoms with Gasteiger partial charge in [0.2, 0.25) is 21.8 Å². The summed E-state index contributed by atoms with van der Waals surface area (Å²) in [6.45, 7) is 3.60. The standard InChI is InChI=1S/C24H31Cl2N3O5S/c1-5-6-13-27-24(31)17(2)28(15-18-11-12-19(25)20(26)14-18)23(30)16-29(35(4,32)33)21-9-7-8-10-22(21)34-3/h7-12,14,17H,5-6,13,15-16H2,1-4H3,(H,27,31)/t17-/m1/s1. The highest BCUT2D eigenvalue weighted by molar-refractivity contribution is 7.92. The van der Waals surface area contributed by atoms with Gasteiger partial charge in [0.1, 0.15) is 18.3 Å². The van der Waals surface area contributed by atoms with E-state index in [9.17, 15) is 18.0 Å². The third-order valence-electron chi connectivity index (χ3n) is 5.37. The van der Waals surface area contributed by atoms with E-state index in [1.165, 1.54) is 12.0 Å².